The Hall–Kier alpha value is -0.200. The zero-order chi connectivity index (χ0) is 27.1. The number of hydrogen-bond donors (Lipinski definition) is 2. The molecule has 5 nitrogen and oxygen atoms in total. The van der Waals surface area contributed by atoms with Gasteiger partial charge in [-0.25, -0.2) is 0 Å². The molecule has 0 saturated carbocycles. The van der Waals surface area contributed by atoms with E-state index in [2.05, 4.69) is 13.8 Å². The van der Waals surface area contributed by atoms with Gasteiger partial charge < -0.3 is 24.2 Å². The van der Waals surface area contributed by atoms with Gasteiger partial charge in [0.25, 0.3) is 0 Å². The van der Waals surface area contributed by atoms with Crippen molar-refractivity contribution in [2.24, 2.45) is 0 Å². The monoisotopic (exact) mass is 531 g/mol. The lowest BCUT2D eigenvalue weighted by Crippen LogP contribution is -2.55. The Balaban J connectivity index is 3.81. The molecule has 5 heteroatoms. The standard InChI is InChI=1S/C32H68NO4/c1-3-5-7-9-11-13-15-17-19-21-29-36-31-25-33(23-27-34,24-28-35)26-32-37-30-22-20-18-16-14-12-10-8-6-4-2/h34-35H,3-32H2,1-2H3/q+1. The van der Waals surface area contributed by atoms with Crippen LogP contribution in [0.3, 0.4) is 0 Å². The average molecular weight is 531 g/mol. The first-order chi connectivity index (χ1) is 18.2. The van der Waals surface area contributed by atoms with Crippen molar-refractivity contribution in [1.82, 2.24) is 0 Å². The molecule has 0 aliphatic rings. The Morgan fingerprint density at radius 1 is 0.378 bits per heavy atom. The van der Waals surface area contributed by atoms with Gasteiger partial charge in [-0.2, -0.15) is 0 Å². The van der Waals surface area contributed by atoms with Crippen LogP contribution in [-0.2, 0) is 9.47 Å². The van der Waals surface area contributed by atoms with E-state index in [9.17, 15) is 10.2 Å². The van der Waals surface area contributed by atoms with E-state index in [1.54, 1.807) is 0 Å². The number of nitrogens with zero attached hydrogens (tertiary/aromatic N) is 1. The number of quaternary nitrogens is 1. The van der Waals surface area contributed by atoms with Gasteiger partial charge in [-0.1, -0.05) is 129 Å². The predicted molar refractivity (Wildman–Crippen MR) is 159 cm³/mol. The first-order valence-corrected chi connectivity index (χ1v) is 16.5. The number of unbranched alkanes of at least 4 members (excludes halogenated alkanes) is 18. The highest BCUT2D eigenvalue weighted by Gasteiger charge is 2.26. The van der Waals surface area contributed by atoms with Gasteiger partial charge in [0, 0.05) is 13.2 Å². The predicted octanol–water partition coefficient (Wildman–Crippen LogP) is 7.66. The summed E-state index contributed by atoms with van der Waals surface area (Å²) in [6.45, 7) is 10.8. The molecule has 0 bridgehead atoms. The molecule has 0 radical (unpaired) electrons. The van der Waals surface area contributed by atoms with E-state index in [0.29, 0.717) is 30.8 Å². The van der Waals surface area contributed by atoms with Crippen LogP contribution in [0.2, 0.25) is 0 Å². The van der Waals surface area contributed by atoms with Gasteiger partial charge in [0.1, 0.15) is 26.2 Å². The number of aliphatic hydroxyl groups excluding tert-OH is 2. The van der Waals surface area contributed by atoms with Crippen molar-refractivity contribution in [3.63, 3.8) is 0 Å². The zero-order valence-electron chi connectivity index (χ0n) is 25.4. The molecule has 0 saturated heterocycles. The van der Waals surface area contributed by atoms with Crippen LogP contribution in [0.15, 0.2) is 0 Å². The lowest BCUT2D eigenvalue weighted by Gasteiger charge is -2.37. The molecule has 2 N–H and O–H groups in total. The Labute approximate surface area is 232 Å². The van der Waals surface area contributed by atoms with Crippen molar-refractivity contribution in [2.45, 2.75) is 142 Å². The van der Waals surface area contributed by atoms with E-state index in [-0.39, 0.29) is 13.2 Å². The summed E-state index contributed by atoms with van der Waals surface area (Å²) in [6, 6.07) is 0. The minimum Gasteiger partial charge on any atom is -0.391 e. The Morgan fingerprint density at radius 2 is 0.676 bits per heavy atom. The first kappa shape index (κ1) is 36.8. The number of aliphatic hydroxyl groups is 2. The van der Waals surface area contributed by atoms with E-state index in [4.69, 9.17) is 9.47 Å². The van der Waals surface area contributed by atoms with Crippen LogP contribution >= 0.6 is 0 Å². The SMILES string of the molecule is CCCCCCCCCCCCOCC[N+](CCO)(CCO)CCOCCCCCCCCCCCC. The van der Waals surface area contributed by atoms with Crippen molar-refractivity contribution in [1.29, 1.82) is 0 Å². The third kappa shape index (κ3) is 25.8. The molecular formula is C32H68NO4+. The second-order valence-corrected chi connectivity index (χ2v) is 11.3. The molecule has 0 aromatic heterocycles. The summed E-state index contributed by atoms with van der Waals surface area (Å²) in [5.74, 6) is 0. The third-order valence-corrected chi connectivity index (χ3v) is 7.85. The van der Waals surface area contributed by atoms with Crippen molar-refractivity contribution in [3.05, 3.63) is 0 Å². The maximum Gasteiger partial charge on any atom is 0.103 e. The summed E-state index contributed by atoms with van der Waals surface area (Å²) in [6.07, 6.45) is 26.8. The minimum atomic E-state index is 0.136. The molecule has 0 aromatic carbocycles. The number of hydrogen-bond acceptors (Lipinski definition) is 4. The van der Waals surface area contributed by atoms with E-state index >= 15 is 0 Å². The average Bonchev–Trinajstić information content (AvgIpc) is 2.90. The fraction of sp³-hybridized carbons (Fsp3) is 1.00. The first-order valence-electron chi connectivity index (χ1n) is 16.5. The van der Waals surface area contributed by atoms with Crippen LogP contribution in [0, 0.1) is 0 Å². The van der Waals surface area contributed by atoms with Gasteiger partial charge in [0.2, 0.25) is 0 Å². The fourth-order valence-electron chi connectivity index (χ4n) is 5.20. The van der Waals surface area contributed by atoms with Crippen molar-refractivity contribution < 1.29 is 24.2 Å². The molecular weight excluding hydrogens is 462 g/mol. The summed E-state index contributed by atoms with van der Waals surface area (Å²) in [4.78, 5) is 0. The molecule has 0 aliphatic carbocycles. The molecule has 0 fully saturated rings. The van der Waals surface area contributed by atoms with Gasteiger partial charge in [0.15, 0.2) is 0 Å². The maximum atomic E-state index is 9.66. The maximum absolute atomic E-state index is 9.66. The summed E-state index contributed by atoms with van der Waals surface area (Å²) in [7, 11) is 0. The van der Waals surface area contributed by atoms with E-state index in [1.165, 1.54) is 116 Å². The van der Waals surface area contributed by atoms with Gasteiger partial charge in [0.05, 0.1) is 26.4 Å². The summed E-state index contributed by atoms with van der Waals surface area (Å²) in [5, 5.41) is 19.3. The van der Waals surface area contributed by atoms with Crippen molar-refractivity contribution in [2.75, 3.05) is 65.8 Å². The van der Waals surface area contributed by atoms with Crippen molar-refractivity contribution >= 4 is 0 Å². The van der Waals surface area contributed by atoms with Gasteiger partial charge in [-0.05, 0) is 12.8 Å². The lowest BCUT2D eigenvalue weighted by atomic mass is 10.1. The van der Waals surface area contributed by atoms with Gasteiger partial charge >= 0.3 is 0 Å². The molecule has 0 heterocycles. The summed E-state index contributed by atoms with van der Waals surface area (Å²) in [5.41, 5.74) is 0. The summed E-state index contributed by atoms with van der Waals surface area (Å²) < 4.78 is 12.6. The van der Waals surface area contributed by atoms with Crippen LogP contribution in [-0.4, -0.2) is 80.5 Å². The normalized spacial score (nSPS) is 12.0. The highest BCUT2D eigenvalue weighted by atomic mass is 16.5. The highest BCUT2D eigenvalue weighted by Crippen LogP contribution is 2.12. The molecule has 224 valence electrons. The Kier molecular flexibility index (Phi) is 30.2. The lowest BCUT2D eigenvalue weighted by molar-refractivity contribution is -0.929. The molecule has 0 rings (SSSR count). The molecule has 0 unspecified atom stereocenters. The second kappa shape index (κ2) is 30.3. The van der Waals surface area contributed by atoms with Gasteiger partial charge in [-0.15, -0.1) is 0 Å². The largest absolute Gasteiger partial charge is 0.391 e. The smallest absolute Gasteiger partial charge is 0.103 e. The van der Waals surface area contributed by atoms with Crippen LogP contribution in [0.5, 0.6) is 0 Å². The number of ether oxygens (including phenoxy) is 2. The molecule has 0 aliphatic heterocycles. The van der Waals surface area contributed by atoms with Crippen LogP contribution in [0.1, 0.15) is 142 Å². The molecule has 0 atom stereocenters. The quantitative estimate of drug-likeness (QED) is 0.0692. The second-order valence-electron chi connectivity index (χ2n) is 11.3. The van der Waals surface area contributed by atoms with Crippen LogP contribution in [0.4, 0.5) is 0 Å². The Morgan fingerprint density at radius 3 is 0.973 bits per heavy atom. The molecule has 0 aromatic rings. The van der Waals surface area contributed by atoms with Crippen LogP contribution in [0.25, 0.3) is 0 Å². The van der Waals surface area contributed by atoms with E-state index < -0.39 is 0 Å². The van der Waals surface area contributed by atoms with E-state index in [0.717, 1.165) is 39.1 Å². The van der Waals surface area contributed by atoms with E-state index in [1.807, 2.05) is 0 Å². The molecule has 37 heavy (non-hydrogen) atoms. The topological polar surface area (TPSA) is 58.9 Å². The zero-order valence-corrected chi connectivity index (χ0v) is 25.4. The molecule has 0 amide bonds. The fourth-order valence-corrected chi connectivity index (χ4v) is 5.20. The van der Waals surface area contributed by atoms with Crippen molar-refractivity contribution in [3.8, 4) is 0 Å². The highest BCUT2D eigenvalue weighted by molar-refractivity contribution is 4.50. The number of rotatable bonds is 32. The molecule has 0 spiro atoms. The third-order valence-electron chi connectivity index (χ3n) is 7.85. The van der Waals surface area contributed by atoms with Gasteiger partial charge in [-0.3, -0.25) is 0 Å². The van der Waals surface area contributed by atoms with Crippen LogP contribution < -0.4 is 0 Å². The minimum absolute atomic E-state index is 0.136. The Bertz CT molecular complexity index is 384. The summed E-state index contributed by atoms with van der Waals surface area (Å²) >= 11 is 0.